The highest BCUT2D eigenvalue weighted by atomic mass is 32.3. The van der Waals surface area contributed by atoms with Crippen molar-refractivity contribution in [1.82, 2.24) is 0 Å². The monoisotopic (exact) mass is 943 g/mol. The first-order valence-corrected chi connectivity index (χ1v) is 18.9. The number of carbonyl (C=O) groups is 1. The second kappa shape index (κ2) is 15.6. The summed E-state index contributed by atoms with van der Waals surface area (Å²) in [7, 11) is -19.6. The van der Waals surface area contributed by atoms with E-state index < -0.39 is 105 Å². The molecule has 59 heavy (non-hydrogen) atoms. The Kier molecular flexibility index (Phi) is 12.9. The summed E-state index contributed by atoms with van der Waals surface area (Å²) in [5, 5.41) is -16.8. The maximum absolute atomic E-state index is 14.9. The first-order chi connectivity index (χ1) is 26.4. The van der Waals surface area contributed by atoms with Crippen molar-refractivity contribution >= 4 is 42.8 Å². The summed E-state index contributed by atoms with van der Waals surface area (Å²) in [5.41, 5.74) is 0. The Morgan fingerprint density at radius 3 is 1.08 bits per heavy atom. The molecule has 0 aromatic heterocycles. The summed E-state index contributed by atoms with van der Waals surface area (Å²) in [4.78, 5) is 12.3. The van der Waals surface area contributed by atoms with E-state index in [1.165, 1.54) is 48.5 Å². The third kappa shape index (κ3) is 8.24. The van der Waals surface area contributed by atoms with Crippen LogP contribution in [0, 0.1) is 0 Å². The van der Waals surface area contributed by atoms with E-state index >= 15 is 0 Å². The normalized spacial score (nSPS) is 14.7. The Hall–Kier alpha value is -4.41. The second-order valence-electron chi connectivity index (χ2n) is 11.3. The average Bonchev–Trinajstić information content (AvgIpc) is 3.08. The lowest BCUT2D eigenvalue weighted by atomic mass is 10.1. The van der Waals surface area contributed by atoms with Gasteiger partial charge in [0.05, 0.1) is 17.8 Å². The fraction of sp³-hybridized carbons (Fsp3) is 0.333. The number of carbonyl (C=O) groups excluding carboxylic acids is 1. The summed E-state index contributed by atoms with van der Waals surface area (Å²) in [5.74, 6) is -38.4. The lowest BCUT2D eigenvalue weighted by molar-refractivity contribution is -0.390. The van der Waals surface area contributed by atoms with Crippen LogP contribution in [0.1, 0.15) is 13.8 Å². The van der Waals surface area contributed by atoms with Crippen molar-refractivity contribution in [2.24, 2.45) is 0 Å². The molecule has 8 nitrogen and oxygen atoms in total. The summed E-state index contributed by atoms with van der Waals surface area (Å²) >= 11 is 0. The molecular weight excluding hydrogens is 924 g/mol. The van der Waals surface area contributed by atoms with Gasteiger partial charge in [0.2, 0.25) is 0 Å². The summed E-state index contributed by atoms with van der Waals surface area (Å²) in [6, 6.07) is 16.1. The summed E-state index contributed by atoms with van der Waals surface area (Å²) in [6.07, 6.45) is -15.8. The van der Waals surface area contributed by atoms with Crippen molar-refractivity contribution < 1.29 is 114 Å². The molecular formula is C30H19F18NO7S3+2. The molecule has 0 saturated heterocycles. The molecule has 3 aromatic rings. The van der Waals surface area contributed by atoms with Gasteiger partial charge in [0.1, 0.15) is 11.5 Å². The smallest absolute Gasteiger partial charge is 0.427 e. The molecule has 1 atom stereocenters. The van der Waals surface area contributed by atoms with Gasteiger partial charge in [-0.25, -0.2) is 0 Å². The zero-order chi connectivity index (χ0) is 45.8. The molecule has 0 aliphatic rings. The van der Waals surface area contributed by atoms with E-state index in [9.17, 15) is 101 Å². The van der Waals surface area contributed by atoms with Crippen molar-refractivity contribution in [2.45, 2.75) is 75.1 Å². The number of nitrogens with zero attached hydrogens (tertiary/aromatic N) is 1. The van der Waals surface area contributed by atoms with Gasteiger partial charge in [0.25, 0.3) is 0 Å². The van der Waals surface area contributed by atoms with Crippen LogP contribution in [0.5, 0.6) is 11.5 Å². The van der Waals surface area contributed by atoms with Crippen molar-refractivity contribution in [3.63, 3.8) is 0 Å². The molecule has 0 fully saturated rings. The number of benzene rings is 3. The molecule has 29 heteroatoms. The van der Waals surface area contributed by atoms with Crippen LogP contribution < -0.4 is 9.47 Å². The van der Waals surface area contributed by atoms with E-state index in [1.54, 1.807) is 6.07 Å². The Bertz CT molecular complexity index is 2200. The molecule has 3 aromatic carbocycles. The van der Waals surface area contributed by atoms with Crippen LogP contribution >= 0.6 is 0 Å². The van der Waals surface area contributed by atoms with Crippen LogP contribution in [0.4, 0.5) is 79.0 Å². The van der Waals surface area contributed by atoms with Gasteiger partial charge in [0.15, 0.2) is 14.7 Å². The van der Waals surface area contributed by atoms with Gasteiger partial charge >= 0.3 is 78.5 Å². The van der Waals surface area contributed by atoms with Gasteiger partial charge in [0, 0.05) is 10.3 Å². The lowest BCUT2D eigenvalue weighted by Crippen LogP contribution is -2.68. The number of halogens is 18. The Balaban J connectivity index is 2.34. The zero-order valence-electron chi connectivity index (χ0n) is 28.3. The van der Waals surface area contributed by atoms with Gasteiger partial charge in [-0.2, -0.15) is 95.9 Å². The maximum atomic E-state index is 14.9. The highest BCUT2D eigenvalue weighted by Gasteiger charge is 2.92. The fourth-order valence-electron chi connectivity index (χ4n) is 4.35. The number of rotatable bonds is 13. The van der Waals surface area contributed by atoms with Crippen LogP contribution in [0.2, 0.25) is 0 Å². The van der Waals surface area contributed by atoms with Crippen molar-refractivity contribution in [3.8, 4) is 11.5 Å². The Morgan fingerprint density at radius 2 is 0.780 bits per heavy atom. The molecule has 0 bridgehead atoms. The van der Waals surface area contributed by atoms with E-state index in [-0.39, 0.29) is 10.6 Å². The molecule has 328 valence electrons. The third-order valence-corrected chi connectivity index (χ3v) is 13.8. The van der Waals surface area contributed by atoms with Gasteiger partial charge < -0.3 is 9.47 Å². The van der Waals surface area contributed by atoms with E-state index in [4.69, 9.17) is 4.74 Å². The standard InChI is InChI=1S/C30H19F18NO7S3/c1-16(55-18-8-12-21(13-9-18)57(20-6-4-3-5-7-20)22-14-10-19(11-15-22)56-17(2)50)49(58(51,52)29(45,46)25(35,36)23(31,32)27(39,40)41)59(53,54)30(47,48)26(37,38)24(33,34)28(42,43)44/h3-15H,1-2H3/q+2. The predicted molar refractivity (Wildman–Crippen MR) is 164 cm³/mol. The minimum atomic E-state index is -9.16. The molecule has 0 heterocycles. The second-order valence-corrected chi connectivity index (χ2v) is 17.2. The van der Waals surface area contributed by atoms with Gasteiger partial charge in [-0.15, -0.1) is 0 Å². The molecule has 0 radical (unpaired) electrons. The van der Waals surface area contributed by atoms with Crippen LogP contribution in [0.3, 0.4) is 0 Å². The molecule has 0 saturated carbocycles. The van der Waals surface area contributed by atoms with Crippen LogP contribution in [0.15, 0.2) is 93.5 Å². The largest absolute Gasteiger partial charge is 0.475 e. The maximum Gasteiger partial charge on any atom is 0.475 e. The predicted octanol–water partition coefficient (Wildman–Crippen LogP) is 9.03. The number of sulfonamides is 2. The Morgan fingerprint density at radius 1 is 0.475 bits per heavy atom. The lowest BCUT2D eigenvalue weighted by Gasteiger charge is -2.33. The molecule has 1 unspecified atom stereocenters. The van der Waals surface area contributed by atoms with Crippen molar-refractivity contribution in [2.75, 3.05) is 0 Å². The molecule has 0 aliphatic carbocycles. The van der Waals surface area contributed by atoms with E-state index in [2.05, 4.69) is 4.74 Å². The first kappa shape index (κ1) is 49.0. The first-order valence-electron chi connectivity index (χ1n) is 14.8. The molecule has 0 amide bonds. The number of alkyl halides is 18. The fourth-order valence-corrected chi connectivity index (χ4v) is 10.1. The molecule has 0 aliphatic heterocycles. The zero-order valence-corrected chi connectivity index (χ0v) is 30.8. The number of ether oxygens (including phenoxy) is 2. The minimum absolute atomic E-state index is 0.0537. The van der Waals surface area contributed by atoms with Gasteiger partial charge in [-0.05, 0) is 60.7 Å². The van der Waals surface area contributed by atoms with E-state index in [0.717, 1.165) is 19.1 Å². The summed E-state index contributed by atoms with van der Waals surface area (Å²) < 4.78 is 304. The SMILES string of the molecule is CC(=O)Oc1ccc([S+](c2ccccc2)c2ccc(OC(C)=[N+](S(=O)(=O)C(F)(F)C(F)(F)C(F)(F)C(F)(F)F)S(=O)(=O)C(F)(F)C(F)(F)C(F)(F)C(F)(F)F)cc2)cc1. The Labute approximate surface area is 321 Å². The van der Waals surface area contributed by atoms with Gasteiger partial charge in [-0.3, -0.25) is 4.79 Å². The van der Waals surface area contributed by atoms with Crippen molar-refractivity contribution in [1.29, 1.82) is 0 Å². The molecule has 3 rings (SSSR count). The average molecular weight is 944 g/mol. The number of esters is 1. The minimum Gasteiger partial charge on any atom is -0.427 e. The number of hydrogen-bond acceptors (Lipinski definition) is 7. The highest BCUT2D eigenvalue weighted by molar-refractivity contribution is 7.98. The highest BCUT2D eigenvalue weighted by Crippen LogP contribution is 2.58. The molecule has 0 spiro atoms. The summed E-state index contributed by atoms with van der Waals surface area (Å²) in [6.45, 7) is 0.532. The molecule has 0 N–H and O–H groups in total. The van der Waals surface area contributed by atoms with E-state index in [0.29, 0.717) is 21.9 Å². The van der Waals surface area contributed by atoms with Crippen LogP contribution in [-0.4, -0.2) is 78.6 Å². The number of hydrogen-bond donors (Lipinski definition) is 0. The quantitative estimate of drug-likeness (QED) is 0.0321. The van der Waals surface area contributed by atoms with E-state index in [1.807, 2.05) is 0 Å². The van der Waals surface area contributed by atoms with Crippen molar-refractivity contribution in [3.05, 3.63) is 78.9 Å². The van der Waals surface area contributed by atoms with Crippen LogP contribution in [-0.2, 0) is 35.7 Å². The van der Waals surface area contributed by atoms with Crippen LogP contribution in [0.25, 0.3) is 0 Å². The topological polar surface area (TPSA) is 107 Å². The van der Waals surface area contributed by atoms with Gasteiger partial charge in [-0.1, -0.05) is 18.2 Å². The third-order valence-electron chi connectivity index (χ3n) is 7.20.